The van der Waals surface area contributed by atoms with Gasteiger partial charge in [0.25, 0.3) is 0 Å². The smallest absolute Gasteiger partial charge is 0.160 e. The van der Waals surface area contributed by atoms with E-state index in [9.17, 15) is 0 Å². The number of hydrogen-bond acceptors (Lipinski definition) is 4. The largest absolute Gasteiger partial charge is 0.456 e. The van der Waals surface area contributed by atoms with Gasteiger partial charge in [-0.1, -0.05) is 109 Å². The Labute approximate surface area is 349 Å². The van der Waals surface area contributed by atoms with Crippen molar-refractivity contribution in [2.24, 2.45) is 0 Å². The number of pyridine rings is 1. The van der Waals surface area contributed by atoms with E-state index >= 15 is 0 Å². The van der Waals surface area contributed by atoms with Gasteiger partial charge in [-0.3, -0.25) is 4.98 Å². The molecule has 0 radical (unpaired) electrons. The summed E-state index contributed by atoms with van der Waals surface area (Å²) in [6.07, 6.45) is 1.82. The Morgan fingerprint density at radius 2 is 0.902 bits per heavy atom. The highest BCUT2D eigenvalue weighted by atomic mass is 16.3. The van der Waals surface area contributed by atoms with Gasteiger partial charge in [0.1, 0.15) is 11.2 Å². The molecule has 0 spiro atoms. The number of hydrogen-bond donors (Lipinski definition) is 0. The molecule has 0 atom stereocenters. The molecule has 284 valence electrons. The van der Waals surface area contributed by atoms with Gasteiger partial charge in [0.05, 0.1) is 39.0 Å². The summed E-state index contributed by atoms with van der Waals surface area (Å²) in [6, 6.07) is 68.6. The molecule has 0 bridgehead atoms. The standard InChI is InChI=1S/C55H33N5O/c1-2-13-34(14-3-1)55-57-47(36-24-25-53-44(30-36)45-29-35-15-12-26-56-46(35)33-54(45)61-53)32-48(58-55)37-27-38(59-49-20-8-4-16-40(49)41-17-5-9-21-50(41)59)31-39(28-37)60-51-22-10-6-18-42(51)43-19-7-11-23-52(43)60/h1-33H. The molecule has 61 heavy (non-hydrogen) atoms. The van der Waals surface area contributed by atoms with Gasteiger partial charge in [0, 0.05) is 78.0 Å². The van der Waals surface area contributed by atoms with Crippen LogP contribution in [0, 0.1) is 0 Å². The van der Waals surface area contributed by atoms with Gasteiger partial charge in [-0.05, 0) is 78.9 Å². The van der Waals surface area contributed by atoms with Crippen molar-refractivity contribution in [3.05, 3.63) is 200 Å². The summed E-state index contributed by atoms with van der Waals surface area (Å²) in [5, 5.41) is 7.99. The average molecular weight is 780 g/mol. The molecule has 0 aliphatic heterocycles. The summed E-state index contributed by atoms with van der Waals surface area (Å²) in [5.74, 6) is 0.656. The maximum absolute atomic E-state index is 6.38. The quantitative estimate of drug-likeness (QED) is 0.175. The number of nitrogens with zero attached hydrogens (tertiary/aromatic N) is 5. The van der Waals surface area contributed by atoms with Crippen molar-refractivity contribution < 1.29 is 4.42 Å². The minimum Gasteiger partial charge on any atom is -0.456 e. The number of aromatic nitrogens is 5. The third-order valence-electron chi connectivity index (χ3n) is 12.1. The van der Waals surface area contributed by atoms with E-state index in [4.69, 9.17) is 14.4 Å². The highest BCUT2D eigenvalue weighted by Gasteiger charge is 2.20. The van der Waals surface area contributed by atoms with Gasteiger partial charge in [-0.25, -0.2) is 9.97 Å². The second-order valence-electron chi connectivity index (χ2n) is 15.7. The minimum absolute atomic E-state index is 0.656. The number of fused-ring (bicyclic) bond motifs is 10. The van der Waals surface area contributed by atoms with Crippen LogP contribution in [0.25, 0.3) is 122 Å². The van der Waals surface area contributed by atoms with Crippen molar-refractivity contribution in [1.29, 1.82) is 0 Å². The summed E-state index contributed by atoms with van der Waals surface area (Å²) in [7, 11) is 0. The van der Waals surface area contributed by atoms with E-state index in [0.717, 1.165) is 94.4 Å². The molecule has 0 amide bonds. The van der Waals surface area contributed by atoms with Crippen molar-refractivity contribution in [2.45, 2.75) is 0 Å². The Morgan fingerprint density at radius 3 is 1.51 bits per heavy atom. The fraction of sp³-hybridized carbons (Fsp3) is 0. The number of benzene rings is 8. The van der Waals surface area contributed by atoms with E-state index in [1.807, 2.05) is 36.5 Å². The third kappa shape index (κ3) is 5.26. The molecule has 6 nitrogen and oxygen atoms in total. The zero-order valence-corrected chi connectivity index (χ0v) is 32.7. The monoisotopic (exact) mass is 779 g/mol. The van der Waals surface area contributed by atoms with E-state index < -0.39 is 0 Å². The molecular weight excluding hydrogens is 747 g/mol. The molecule has 0 saturated carbocycles. The molecule has 5 heterocycles. The van der Waals surface area contributed by atoms with Crippen LogP contribution in [0.2, 0.25) is 0 Å². The van der Waals surface area contributed by atoms with Crippen molar-refractivity contribution in [3.8, 4) is 45.3 Å². The first-order valence-electron chi connectivity index (χ1n) is 20.5. The summed E-state index contributed by atoms with van der Waals surface area (Å²) in [6.45, 7) is 0. The van der Waals surface area contributed by atoms with Gasteiger partial charge in [0.2, 0.25) is 0 Å². The van der Waals surface area contributed by atoms with Crippen LogP contribution in [-0.2, 0) is 0 Å². The van der Waals surface area contributed by atoms with Gasteiger partial charge < -0.3 is 13.6 Å². The lowest BCUT2D eigenvalue weighted by Gasteiger charge is -2.16. The molecule has 0 aliphatic carbocycles. The molecule has 0 saturated heterocycles. The van der Waals surface area contributed by atoms with E-state index in [1.54, 1.807) is 0 Å². The van der Waals surface area contributed by atoms with Crippen LogP contribution in [0.3, 0.4) is 0 Å². The molecule has 6 heteroatoms. The SMILES string of the molecule is c1ccc(-c2nc(-c3cc(-n4c5ccccc5c5ccccc54)cc(-n4c5ccccc5c5ccccc54)c3)cc(-c3ccc4oc5cc6ncccc6cc5c4c3)n2)cc1. The Balaban J connectivity index is 1.09. The molecule has 0 aliphatic rings. The van der Waals surface area contributed by atoms with Crippen LogP contribution in [0.15, 0.2) is 205 Å². The topological polar surface area (TPSA) is 61.7 Å². The summed E-state index contributed by atoms with van der Waals surface area (Å²) in [4.78, 5) is 15.2. The molecule has 5 aromatic heterocycles. The maximum atomic E-state index is 6.38. The Morgan fingerprint density at radius 1 is 0.361 bits per heavy atom. The summed E-state index contributed by atoms with van der Waals surface area (Å²) in [5.41, 5.74) is 13.7. The molecule has 0 unspecified atom stereocenters. The lowest BCUT2D eigenvalue weighted by molar-refractivity contribution is 0.669. The van der Waals surface area contributed by atoms with Crippen molar-refractivity contribution in [3.63, 3.8) is 0 Å². The Hall–Kier alpha value is -8.35. The molecule has 0 N–H and O–H groups in total. The van der Waals surface area contributed by atoms with Crippen LogP contribution in [0.4, 0.5) is 0 Å². The van der Waals surface area contributed by atoms with E-state index in [0.29, 0.717) is 5.82 Å². The lowest BCUT2D eigenvalue weighted by Crippen LogP contribution is -2.01. The van der Waals surface area contributed by atoms with Crippen LogP contribution >= 0.6 is 0 Å². The predicted octanol–water partition coefficient (Wildman–Crippen LogP) is 14.1. The van der Waals surface area contributed by atoms with Crippen molar-refractivity contribution in [2.75, 3.05) is 0 Å². The normalized spacial score (nSPS) is 11.9. The minimum atomic E-state index is 0.656. The Bertz CT molecular complexity index is 3650. The molecule has 8 aromatic carbocycles. The average Bonchev–Trinajstić information content (AvgIpc) is 3.98. The van der Waals surface area contributed by atoms with Crippen LogP contribution in [0.5, 0.6) is 0 Å². The van der Waals surface area contributed by atoms with E-state index in [1.165, 1.54) is 21.5 Å². The highest BCUT2D eigenvalue weighted by Crippen LogP contribution is 2.40. The van der Waals surface area contributed by atoms with Crippen molar-refractivity contribution >= 4 is 76.5 Å². The highest BCUT2D eigenvalue weighted by molar-refractivity contribution is 6.12. The number of rotatable bonds is 5. The van der Waals surface area contributed by atoms with Crippen LogP contribution < -0.4 is 0 Å². The van der Waals surface area contributed by atoms with Gasteiger partial charge >= 0.3 is 0 Å². The first-order chi connectivity index (χ1) is 30.2. The lowest BCUT2D eigenvalue weighted by atomic mass is 10.0. The molecule has 13 aromatic rings. The first kappa shape index (κ1) is 33.6. The number of furan rings is 1. The van der Waals surface area contributed by atoms with Gasteiger partial charge in [0.15, 0.2) is 5.82 Å². The van der Waals surface area contributed by atoms with Crippen LogP contribution in [-0.4, -0.2) is 24.1 Å². The summed E-state index contributed by atoms with van der Waals surface area (Å²) < 4.78 is 11.2. The Kier molecular flexibility index (Phi) is 7.21. The molecule has 0 fully saturated rings. The fourth-order valence-electron chi connectivity index (χ4n) is 9.37. The zero-order chi connectivity index (χ0) is 40.0. The number of para-hydroxylation sites is 4. The van der Waals surface area contributed by atoms with Gasteiger partial charge in [-0.15, -0.1) is 0 Å². The third-order valence-corrected chi connectivity index (χ3v) is 12.1. The maximum Gasteiger partial charge on any atom is 0.160 e. The van der Waals surface area contributed by atoms with Crippen LogP contribution in [0.1, 0.15) is 0 Å². The van der Waals surface area contributed by atoms with Crippen molar-refractivity contribution in [1.82, 2.24) is 24.1 Å². The van der Waals surface area contributed by atoms with Gasteiger partial charge in [-0.2, -0.15) is 0 Å². The fourth-order valence-corrected chi connectivity index (χ4v) is 9.37. The molecular formula is C55H33N5O. The second kappa shape index (κ2) is 13.1. The predicted molar refractivity (Wildman–Crippen MR) is 250 cm³/mol. The molecule has 13 rings (SSSR count). The first-order valence-corrected chi connectivity index (χ1v) is 20.5. The summed E-state index contributed by atoms with van der Waals surface area (Å²) >= 11 is 0. The van der Waals surface area contributed by atoms with E-state index in [2.05, 4.69) is 178 Å². The van der Waals surface area contributed by atoms with E-state index in [-0.39, 0.29) is 0 Å². The zero-order valence-electron chi connectivity index (χ0n) is 32.7. The second-order valence-corrected chi connectivity index (χ2v) is 15.7.